The molecule has 0 radical (unpaired) electrons. The van der Waals surface area contributed by atoms with Crippen molar-refractivity contribution in [2.75, 3.05) is 6.61 Å². The Balaban J connectivity index is 1.78. The van der Waals surface area contributed by atoms with Crippen LogP contribution in [0.15, 0.2) is 24.3 Å². The molecule has 0 spiro atoms. The molecule has 0 bridgehead atoms. The lowest BCUT2D eigenvalue weighted by Gasteiger charge is -2.42. The van der Waals surface area contributed by atoms with Gasteiger partial charge in [-0.3, -0.25) is 0 Å². The first kappa shape index (κ1) is 14.4. The van der Waals surface area contributed by atoms with Crippen molar-refractivity contribution >= 4 is 0 Å². The van der Waals surface area contributed by atoms with Crippen LogP contribution in [0.5, 0.6) is 5.75 Å². The molecule has 2 heteroatoms. The number of hydrogen-bond donors (Lipinski definition) is 1. The summed E-state index contributed by atoms with van der Waals surface area (Å²) in [5.74, 6) is 0.992. The van der Waals surface area contributed by atoms with Crippen molar-refractivity contribution < 1.29 is 4.74 Å². The van der Waals surface area contributed by atoms with Gasteiger partial charge in [0.15, 0.2) is 0 Å². The largest absolute Gasteiger partial charge is 0.494 e. The van der Waals surface area contributed by atoms with Crippen molar-refractivity contribution in [3.05, 3.63) is 29.8 Å². The van der Waals surface area contributed by atoms with Crippen LogP contribution in [0.2, 0.25) is 0 Å². The van der Waals surface area contributed by atoms with E-state index in [4.69, 9.17) is 4.74 Å². The highest BCUT2D eigenvalue weighted by Crippen LogP contribution is 2.34. The van der Waals surface area contributed by atoms with Crippen LogP contribution in [-0.2, 0) is 6.54 Å². The first-order chi connectivity index (χ1) is 9.28. The van der Waals surface area contributed by atoms with Crippen molar-refractivity contribution in [3.63, 3.8) is 0 Å². The van der Waals surface area contributed by atoms with E-state index in [1.807, 2.05) is 0 Å². The van der Waals surface area contributed by atoms with Gasteiger partial charge in [0.2, 0.25) is 0 Å². The van der Waals surface area contributed by atoms with Crippen molar-refractivity contribution in [3.8, 4) is 5.75 Å². The number of rotatable bonds is 8. The molecule has 1 saturated carbocycles. The van der Waals surface area contributed by atoms with Crippen LogP contribution < -0.4 is 10.1 Å². The van der Waals surface area contributed by atoms with Crippen molar-refractivity contribution in [1.29, 1.82) is 0 Å². The van der Waals surface area contributed by atoms with Gasteiger partial charge in [0.25, 0.3) is 0 Å². The molecule has 0 aromatic heterocycles. The second kappa shape index (κ2) is 6.95. The summed E-state index contributed by atoms with van der Waals surface area (Å²) in [5, 5.41) is 3.73. The Hall–Kier alpha value is -1.02. The van der Waals surface area contributed by atoms with E-state index in [2.05, 4.69) is 43.4 Å². The van der Waals surface area contributed by atoms with Gasteiger partial charge in [0.1, 0.15) is 5.75 Å². The number of ether oxygens (including phenoxy) is 1. The van der Waals surface area contributed by atoms with E-state index in [9.17, 15) is 0 Å². The van der Waals surface area contributed by atoms with Gasteiger partial charge in [0, 0.05) is 12.1 Å². The van der Waals surface area contributed by atoms with Crippen molar-refractivity contribution in [1.82, 2.24) is 5.32 Å². The van der Waals surface area contributed by atoms with Crippen LogP contribution in [0.1, 0.15) is 57.9 Å². The quantitative estimate of drug-likeness (QED) is 0.705. The molecule has 2 nitrogen and oxygen atoms in total. The van der Waals surface area contributed by atoms with E-state index in [-0.39, 0.29) is 0 Å². The van der Waals surface area contributed by atoms with E-state index in [1.54, 1.807) is 0 Å². The van der Waals surface area contributed by atoms with E-state index in [0.717, 1.165) is 25.3 Å². The Kier molecular flexibility index (Phi) is 5.26. The van der Waals surface area contributed by atoms with Gasteiger partial charge >= 0.3 is 0 Å². The predicted octanol–water partition coefficient (Wildman–Crippen LogP) is 4.29. The summed E-state index contributed by atoms with van der Waals surface area (Å²) in [6.07, 6.45) is 7.60. The molecule has 1 aliphatic carbocycles. The van der Waals surface area contributed by atoms with Crippen molar-refractivity contribution in [2.24, 2.45) is 0 Å². The van der Waals surface area contributed by atoms with Crippen LogP contribution in [0.3, 0.4) is 0 Å². The second-order valence-corrected chi connectivity index (χ2v) is 5.69. The third kappa shape index (κ3) is 3.97. The zero-order valence-corrected chi connectivity index (χ0v) is 12.4. The minimum Gasteiger partial charge on any atom is -0.494 e. The molecule has 2 rings (SSSR count). The second-order valence-electron chi connectivity index (χ2n) is 5.69. The van der Waals surface area contributed by atoms with Gasteiger partial charge < -0.3 is 10.1 Å². The molecule has 1 N–H and O–H groups in total. The molecule has 0 heterocycles. The molecule has 106 valence electrons. The van der Waals surface area contributed by atoms with Crippen LogP contribution in [0.4, 0.5) is 0 Å². The summed E-state index contributed by atoms with van der Waals surface area (Å²) >= 11 is 0. The molecule has 1 fully saturated rings. The Morgan fingerprint density at radius 3 is 2.42 bits per heavy atom. The van der Waals surface area contributed by atoms with Gasteiger partial charge in [-0.2, -0.15) is 0 Å². The highest BCUT2D eigenvalue weighted by molar-refractivity contribution is 5.27. The first-order valence-corrected chi connectivity index (χ1v) is 7.75. The summed E-state index contributed by atoms with van der Waals surface area (Å²) < 4.78 is 5.68. The van der Waals surface area contributed by atoms with Gasteiger partial charge in [0.05, 0.1) is 6.61 Å². The summed E-state index contributed by atoms with van der Waals surface area (Å²) in [4.78, 5) is 0. The van der Waals surface area contributed by atoms with E-state index in [1.165, 1.54) is 37.7 Å². The van der Waals surface area contributed by atoms with E-state index >= 15 is 0 Å². The fourth-order valence-corrected chi connectivity index (χ4v) is 2.59. The molecule has 0 saturated heterocycles. The maximum Gasteiger partial charge on any atom is 0.119 e. The minimum absolute atomic E-state index is 0.427. The summed E-state index contributed by atoms with van der Waals surface area (Å²) in [6.45, 7) is 6.27. The van der Waals surface area contributed by atoms with Crippen LogP contribution >= 0.6 is 0 Å². The van der Waals surface area contributed by atoms with Gasteiger partial charge in [-0.05, 0) is 49.8 Å². The maximum absolute atomic E-state index is 5.68. The molecule has 1 aromatic rings. The van der Waals surface area contributed by atoms with Crippen LogP contribution in [-0.4, -0.2) is 12.1 Å². The minimum atomic E-state index is 0.427. The average molecular weight is 261 g/mol. The van der Waals surface area contributed by atoms with E-state index < -0.39 is 0 Å². The number of unbranched alkanes of at least 4 members (excludes halogenated alkanes) is 1. The molecule has 1 aromatic carbocycles. The monoisotopic (exact) mass is 261 g/mol. The normalized spacial score (nSPS) is 16.9. The Morgan fingerprint density at radius 2 is 1.89 bits per heavy atom. The lowest BCUT2D eigenvalue weighted by atomic mass is 9.75. The summed E-state index contributed by atoms with van der Waals surface area (Å²) in [6, 6.07) is 8.53. The summed E-state index contributed by atoms with van der Waals surface area (Å²) in [5.41, 5.74) is 1.78. The van der Waals surface area contributed by atoms with Gasteiger partial charge in [-0.25, -0.2) is 0 Å². The Morgan fingerprint density at radius 1 is 1.16 bits per heavy atom. The molecular weight excluding hydrogens is 234 g/mol. The van der Waals surface area contributed by atoms with E-state index in [0.29, 0.717) is 5.54 Å². The summed E-state index contributed by atoms with van der Waals surface area (Å²) in [7, 11) is 0. The molecule has 0 amide bonds. The predicted molar refractivity (Wildman–Crippen MR) is 80.6 cm³/mol. The first-order valence-electron chi connectivity index (χ1n) is 7.75. The third-order valence-electron chi connectivity index (χ3n) is 4.34. The number of hydrogen-bond acceptors (Lipinski definition) is 2. The molecule has 0 unspecified atom stereocenters. The highest BCUT2D eigenvalue weighted by Gasteiger charge is 2.33. The highest BCUT2D eigenvalue weighted by atomic mass is 16.5. The average Bonchev–Trinajstić information content (AvgIpc) is 2.40. The lowest BCUT2D eigenvalue weighted by Crippen LogP contribution is -2.49. The zero-order chi connectivity index (χ0) is 13.6. The zero-order valence-electron chi connectivity index (χ0n) is 12.4. The van der Waals surface area contributed by atoms with Gasteiger partial charge in [-0.15, -0.1) is 0 Å². The molecule has 0 aliphatic heterocycles. The SMILES string of the molecule is CCCCOc1ccc(CNC2(CC)CCC2)cc1. The van der Waals surface area contributed by atoms with Crippen LogP contribution in [0.25, 0.3) is 0 Å². The molecule has 1 aliphatic rings. The molecular formula is C17H27NO. The topological polar surface area (TPSA) is 21.3 Å². The lowest BCUT2D eigenvalue weighted by molar-refractivity contribution is 0.175. The van der Waals surface area contributed by atoms with Crippen LogP contribution in [0, 0.1) is 0 Å². The fraction of sp³-hybridized carbons (Fsp3) is 0.647. The number of nitrogens with one attached hydrogen (secondary N) is 1. The van der Waals surface area contributed by atoms with Crippen molar-refractivity contribution in [2.45, 2.75) is 64.5 Å². The fourth-order valence-electron chi connectivity index (χ4n) is 2.59. The Labute approximate surface area is 117 Å². The standard InChI is InChI=1S/C17H27NO/c1-3-5-13-19-16-9-7-15(8-10-16)14-18-17(4-2)11-6-12-17/h7-10,18H,3-6,11-14H2,1-2H3. The maximum atomic E-state index is 5.68. The number of benzene rings is 1. The smallest absolute Gasteiger partial charge is 0.119 e. The molecule has 0 atom stereocenters. The third-order valence-corrected chi connectivity index (χ3v) is 4.34. The Bertz CT molecular complexity index is 362. The molecule has 19 heavy (non-hydrogen) atoms. The van der Waals surface area contributed by atoms with Gasteiger partial charge in [-0.1, -0.05) is 32.4 Å².